The predicted octanol–water partition coefficient (Wildman–Crippen LogP) is 4.68. The lowest BCUT2D eigenvalue weighted by molar-refractivity contribution is 0.265. The zero-order valence-electron chi connectivity index (χ0n) is 16.3. The Kier molecular flexibility index (Phi) is 5.59. The van der Waals surface area contributed by atoms with Gasteiger partial charge in [0.25, 0.3) is 0 Å². The topological polar surface area (TPSA) is 76.3 Å². The molecule has 0 aliphatic carbocycles. The molecule has 0 amide bonds. The number of halogens is 1. The van der Waals surface area contributed by atoms with Gasteiger partial charge in [-0.2, -0.15) is 9.29 Å². The van der Waals surface area contributed by atoms with Crippen molar-refractivity contribution in [3.63, 3.8) is 0 Å². The summed E-state index contributed by atoms with van der Waals surface area (Å²) in [6.07, 6.45) is 1.57. The largest absolute Gasteiger partial charge is 0.339 e. The van der Waals surface area contributed by atoms with E-state index in [0.29, 0.717) is 29.7 Å². The van der Waals surface area contributed by atoms with Gasteiger partial charge in [0.1, 0.15) is 0 Å². The molecule has 2 aromatic carbocycles. The number of nitrogens with zero attached hydrogens (tertiary/aromatic N) is 3. The summed E-state index contributed by atoms with van der Waals surface area (Å²) in [4.78, 5) is 4.87. The molecule has 6 nitrogen and oxygen atoms in total. The van der Waals surface area contributed by atoms with Crippen LogP contribution >= 0.6 is 15.9 Å². The summed E-state index contributed by atoms with van der Waals surface area (Å²) < 4.78 is 34.3. The van der Waals surface area contributed by atoms with Gasteiger partial charge in [-0.3, -0.25) is 0 Å². The third kappa shape index (κ3) is 4.15. The van der Waals surface area contributed by atoms with E-state index in [0.717, 1.165) is 34.0 Å². The van der Waals surface area contributed by atoms with Gasteiger partial charge in [0.05, 0.1) is 10.8 Å². The van der Waals surface area contributed by atoms with Crippen molar-refractivity contribution in [1.82, 2.24) is 14.4 Å². The number of rotatable bonds is 4. The van der Waals surface area contributed by atoms with Crippen LogP contribution in [-0.4, -0.2) is 36.0 Å². The quantitative estimate of drug-likeness (QED) is 0.547. The SMILES string of the molecule is Cc1ccc(S(=O)(=O)N2CCC[C@@H](c3nc(-c4cccc(Br)c4)no3)C2)cc1C. The molecule has 29 heavy (non-hydrogen) atoms. The molecule has 1 aliphatic heterocycles. The Morgan fingerprint density at radius 3 is 2.72 bits per heavy atom. The Morgan fingerprint density at radius 1 is 1.14 bits per heavy atom. The molecule has 152 valence electrons. The first kappa shape index (κ1) is 20.3. The molecule has 1 fully saturated rings. The molecule has 3 aromatic rings. The van der Waals surface area contributed by atoms with Crippen LogP contribution in [0.2, 0.25) is 0 Å². The molecular weight excluding hydrogens is 454 g/mol. The fourth-order valence-corrected chi connectivity index (χ4v) is 5.54. The summed E-state index contributed by atoms with van der Waals surface area (Å²) >= 11 is 3.44. The van der Waals surface area contributed by atoms with E-state index in [9.17, 15) is 8.42 Å². The van der Waals surface area contributed by atoms with Crippen molar-refractivity contribution in [3.05, 3.63) is 64.0 Å². The second kappa shape index (κ2) is 8.01. The lowest BCUT2D eigenvalue weighted by Crippen LogP contribution is -2.39. The summed E-state index contributed by atoms with van der Waals surface area (Å²) in [5.41, 5.74) is 2.89. The van der Waals surface area contributed by atoms with Crippen LogP contribution in [0.25, 0.3) is 11.4 Å². The van der Waals surface area contributed by atoms with Gasteiger partial charge in [0.2, 0.25) is 21.7 Å². The van der Waals surface area contributed by atoms with Crippen molar-refractivity contribution in [2.45, 2.75) is 37.5 Å². The number of benzene rings is 2. The molecule has 0 N–H and O–H groups in total. The van der Waals surface area contributed by atoms with Gasteiger partial charge in [0.15, 0.2) is 0 Å². The van der Waals surface area contributed by atoms with Crippen LogP contribution in [0.5, 0.6) is 0 Å². The Morgan fingerprint density at radius 2 is 1.97 bits per heavy atom. The Balaban J connectivity index is 1.56. The monoisotopic (exact) mass is 475 g/mol. The van der Waals surface area contributed by atoms with Crippen molar-refractivity contribution in [3.8, 4) is 11.4 Å². The Hall–Kier alpha value is -2.03. The third-order valence-corrected chi connectivity index (χ3v) is 7.73. The highest BCUT2D eigenvalue weighted by Gasteiger charge is 2.33. The lowest BCUT2D eigenvalue weighted by Gasteiger charge is -2.30. The standard InChI is InChI=1S/C21H22BrN3O3S/c1-14-8-9-19(11-15(14)2)29(26,27)25-10-4-6-17(13-25)21-23-20(24-28-21)16-5-3-7-18(22)12-16/h3,5,7-9,11-12,17H,4,6,10,13H2,1-2H3/t17-/m1/s1. The second-order valence-electron chi connectivity index (χ2n) is 7.41. The van der Waals surface area contributed by atoms with Crippen LogP contribution < -0.4 is 0 Å². The normalized spacial score (nSPS) is 18.1. The van der Waals surface area contributed by atoms with E-state index in [4.69, 9.17) is 4.52 Å². The molecule has 4 rings (SSSR count). The summed E-state index contributed by atoms with van der Waals surface area (Å²) in [6.45, 7) is 4.74. The first-order valence-corrected chi connectivity index (χ1v) is 11.7. The van der Waals surface area contributed by atoms with Gasteiger partial charge < -0.3 is 4.52 Å². The van der Waals surface area contributed by atoms with E-state index in [1.807, 2.05) is 44.2 Å². The van der Waals surface area contributed by atoms with Gasteiger partial charge in [-0.1, -0.05) is 39.3 Å². The zero-order chi connectivity index (χ0) is 20.6. The fraction of sp³-hybridized carbons (Fsp3) is 0.333. The number of hydrogen-bond donors (Lipinski definition) is 0. The molecule has 0 saturated carbocycles. The van der Waals surface area contributed by atoms with Crippen LogP contribution in [-0.2, 0) is 10.0 Å². The minimum absolute atomic E-state index is 0.113. The molecule has 1 aliphatic rings. The number of aryl methyl sites for hydroxylation is 2. The molecule has 1 atom stereocenters. The van der Waals surface area contributed by atoms with Crippen LogP contribution in [0.4, 0.5) is 0 Å². The predicted molar refractivity (Wildman–Crippen MR) is 114 cm³/mol. The minimum Gasteiger partial charge on any atom is -0.339 e. The minimum atomic E-state index is -3.56. The maximum Gasteiger partial charge on any atom is 0.243 e. The van der Waals surface area contributed by atoms with Crippen LogP contribution in [0.15, 0.2) is 56.4 Å². The second-order valence-corrected chi connectivity index (χ2v) is 10.3. The van der Waals surface area contributed by atoms with E-state index in [-0.39, 0.29) is 5.92 Å². The molecule has 2 heterocycles. The van der Waals surface area contributed by atoms with Crippen LogP contribution in [0.3, 0.4) is 0 Å². The highest BCUT2D eigenvalue weighted by atomic mass is 79.9. The number of sulfonamides is 1. The fourth-order valence-electron chi connectivity index (χ4n) is 3.53. The Labute approximate surface area is 179 Å². The van der Waals surface area contributed by atoms with Crippen molar-refractivity contribution in [1.29, 1.82) is 0 Å². The van der Waals surface area contributed by atoms with Gasteiger partial charge in [-0.05, 0) is 62.1 Å². The molecule has 0 spiro atoms. The molecule has 0 unspecified atom stereocenters. The van der Waals surface area contributed by atoms with Gasteiger partial charge in [-0.25, -0.2) is 8.42 Å². The van der Waals surface area contributed by atoms with E-state index in [1.54, 1.807) is 12.1 Å². The molecule has 0 bridgehead atoms. The van der Waals surface area contributed by atoms with E-state index in [1.165, 1.54) is 4.31 Å². The van der Waals surface area contributed by atoms with Crippen molar-refractivity contribution in [2.24, 2.45) is 0 Å². The number of piperidine rings is 1. The maximum absolute atomic E-state index is 13.1. The van der Waals surface area contributed by atoms with Gasteiger partial charge in [-0.15, -0.1) is 0 Å². The first-order chi connectivity index (χ1) is 13.8. The summed E-state index contributed by atoms with van der Waals surface area (Å²) in [5.74, 6) is 0.883. The van der Waals surface area contributed by atoms with E-state index < -0.39 is 10.0 Å². The van der Waals surface area contributed by atoms with E-state index in [2.05, 4.69) is 26.1 Å². The Bertz CT molecular complexity index is 1140. The highest BCUT2D eigenvalue weighted by molar-refractivity contribution is 9.10. The molecule has 0 radical (unpaired) electrons. The molecule has 8 heteroatoms. The number of aromatic nitrogens is 2. The number of hydrogen-bond acceptors (Lipinski definition) is 5. The lowest BCUT2D eigenvalue weighted by atomic mass is 10.00. The maximum atomic E-state index is 13.1. The smallest absolute Gasteiger partial charge is 0.243 e. The van der Waals surface area contributed by atoms with E-state index >= 15 is 0 Å². The van der Waals surface area contributed by atoms with Crippen molar-refractivity contribution < 1.29 is 12.9 Å². The summed E-state index contributed by atoms with van der Waals surface area (Å²) in [5, 5.41) is 4.09. The molecular formula is C21H22BrN3O3S. The first-order valence-electron chi connectivity index (χ1n) is 9.51. The average molecular weight is 476 g/mol. The summed E-state index contributed by atoms with van der Waals surface area (Å²) in [7, 11) is -3.56. The highest BCUT2D eigenvalue weighted by Crippen LogP contribution is 2.31. The van der Waals surface area contributed by atoms with Crippen molar-refractivity contribution in [2.75, 3.05) is 13.1 Å². The van der Waals surface area contributed by atoms with Crippen molar-refractivity contribution >= 4 is 26.0 Å². The zero-order valence-corrected chi connectivity index (χ0v) is 18.7. The van der Waals surface area contributed by atoms with Gasteiger partial charge >= 0.3 is 0 Å². The molecule has 1 saturated heterocycles. The molecule has 1 aromatic heterocycles. The summed E-state index contributed by atoms with van der Waals surface area (Å²) in [6, 6.07) is 13.0. The van der Waals surface area contributed by atoms with Crippen LogP contribution in [0.1, 0.15) is 35.8 Å². The third-order valence-electron chi connectivity index (χ3n) is 5.37. The average Bonchev–Trinajstić information content (AvgIpc) is 3.20. The van der Waals surface area contributed by atoms with Crippen LogP contribution in [0, 0.1) is 13.8 Å². The van der Waals surface area contributed by atoms with Gasteiger partial charge in [0, 0.05) is 23.1 Å².